The summed E-state index contributed by atoms with van der Waals surface area (Å²) in [6.07, 6.45) is 1.33. The fourth-order valence-electron chi connectivity index (χ4n) is 1.86. The van der Waals surface area contributed by atoms with E-state index in [2.05, 4.69) is 20.6 Å². The van der Waals surface area contributed by atoms with Crippen LogP contribution in [0.1, 0.15) is 35.9 Å². The molecule has 0 unspecified atom stereocenters. The van der Waals surface area contributed by atoms with E-state index >= 15 is 0 Å². The Kier molecular flexibility index (Phi) is 4.96. The van der Waals surface area contributed by atoms with Crippen LogP contribution in [0.15, 0.2) is 16.8 Å². The van der Waals surface area contributed by atoms with Crippen LogP contribution in [-0.4, -0.2) is 35.4 Å². The van der Waals surface area contributed by atoms with Crippen molar-refractivity contribution in [3.63, 3.8) is 0 Å². The number of carbonyl (C=O) groups is 1. The van der Waals surface area contributed by atoms with Crippen molar-refractivity contribution in [2.75, 3.05) is 11.6 Å². The molecular formula is C14H15BN6O2. The van der Waals surface area contributed by atoms with Crippen LogP contribution in [0.5, 0.6) is 0 Å². The number of amides is 1. The van der Waals surface area contributed by atoms with Gasteiger partial charge in [0.25, 0.3) is 5.91 Å². The highest BCUT2D eigenvalue weighted by Gasteiger charge is 2.19. The quantitative estimate of drug-likeness (QED) is 0.622. The molecule has 0 atom stereocenters. The summed E-state index contributed by atoms with van der Waals surface area (Å²) < 4.78 is 4.89. The van der Waals surface area contributed by atoms with Gasteiger partial charge in [-0.15, -0.1) is 0 Å². The van der Waals surface area contributed by atoms with Gasteiger partial charge >= 0.3 is 0 Å². The van der Waals surface area contributed by atoms with Crippen LogP contribution in [0.3, 0.4) is 0 Å². The summed E-state index contributed by atoms with van der Waals surface area (Å²) in [4.78, 5) is 20.1. The lowest BCUT2D eigenvalue weighted by molar-refractivity contribution is 0.0938. The fraction of sp³-hybridized carbons (Fsp3) is 0.357. The highest BCUT2D eigenvalue weighted by atomic mass is 16.5. The monoisotopic (exact) mass is 310 g/mol. The van der Waals surface area contributed by atoms with Crippen LogP contribution >= 0.6 is 0 Å². The molecule has 0 aliphatic carbocycles. The van der Waals surface area contributed by atoms with Crippen molar-refractivity contribution in [2.45, 2.75) is 20.8 Å². The molecule has 0 bridgehead atoms. The van der Waals surface area contributed by atoms with E-state index in [4.69, 9.17) is 17.6 Å². The van der Waals surface area contributed by atoms with Gasteiger partial charge in [-0.05, 0) is 18.3 Å². The molecule has 0 spiro atoms. The Morgan fingerprint density at radius 2 is 2.30 bits per heavy atom. The van der Waals surface area contributed by atoms with Crippen molar-refractivity contribution >= 4 is 25.0 Å². The second-order valence-corrected chi connectivity index (χ2v) is 5.35. The molecule has 2 aromatic rings. The van der Waals surface area contributed by atoms with Crippen molar-refractivity contribution in [3.8, 4) is 6.07 Å². The smallest absolute Gasteiger partial charge is 0.292 e. The van der Waals surface area contributed by atoms with E-state index < -0.39 is 5.91 Å². The Bertz CT molecular complexity index is 752. The van der Waals surface area contributed by atoms with Crippen LogP contribution in [-0.2, 0) is 0 Å². The molecule has 1 N–H and O–H groups in total. The molecule has 0 saturated heterocycles. The average molecular weight is 310 g/mol. The molecule has 0 aromatic carbocycles. The van der Waals surface area contributed by atoms with Gasteiger partial charge in [-0.2, -0.15) is 5.26 Å². The SMILES string of the molecule is [B]c1cnc(C#N)nc1N(CC(C)C)NC(=O)c1cc(C)on1. The first-order valence-corrected chi connectivity index (χ1v) is 6.95. The highest BCUT2D eigenvalue weighted by molar-refractivity contribution is 6.35. The lowest BCUT2D eigenvalue weighted by Crippen LogP contribution is -2.47. The van der Waals surface area contributed by atoms with Crippen LogP contribution in [0.25, 0.3) is 0 Å². The normalized spacial score (nSPS) is 10.4. The van der Waals surface area contributed by atoms with E-state index in [9.17, 15) is 4.79 Å². The number of rotatable bonds is 5. The lowest BCUT2D eigenvalue weighted by Gasteiger charge is -2.27. The molecule has 116 valence electrons. The van der Waals surface area contributed by atoms with Crippen molar-refractivity contribution < 1.29 is 9.32 Å². The Morgan fingerprint density at radius 3 is 2.87 bits per heavy atom. The third-order valence-corrected chi connectivity index (χ3v) is 2.80. The van der Waals surface area contributed by atoms with Crippen molar-refractivity contribution in [2.24, 2.45) is 5.92 Å². The van der Waals surface area contributed by atoms with Crippen LogP contribution in [0, 0.1) is 24.2 Å². The van der Waals surface area contributed by atoms with E-state index in [0.717, 1.165) is 0 Å². The maximum atomic E-state index is 12.3. The van der Waals surface area contributed by atoms with E-state index in [1.54, 1.807) is 6.92 Å². The van der Waals surface area contributed by atoms with Gasteiger partial charge in [-0.1, -0.05) is 19.0 Å². The van der Waals surface area contributed by atoms with E-state index in [0.29, 0.717) is 12.3 Å². The molecule has 8 nitrogen and oxygen atoms in total. The molecule has 9 heteroatoms. The maximum absolute atomic E-state index is 12.3. The third-order valence-electron chi connectivity index (χ3n) is 2.80. The molecule has 0 fully saturated rings. The second-order valence-electron chi connectivity index (χ2n) is 5.35. The van der Waals surface area contributed by atoms with Crippen molar-refractivity contribution in [1.82, 2.24) is 20.6 Å². The number of hydrogen-bond donors (Lipinski definition) is 1. The van der Waals surface area contributed by atoms with Gasteiger partial charge in [0, 0.05) is 18.8 Å². The zero-order valence-electron chi connectivity index (χ0n) is 13.1. The molecule has 1 amide bonds. The lowest BCUT2D eigenvalue weighted by atomic mass is 9.98. The third kappa shape index (κ3) is 4.06. The largest absolute Gasteiger partial charge is 0.361 e. The summed E-state index contributed by atoms with van der Waals surface area (Å²) >= 11 is 0. The summed E-state index contributed by atoms with van der Waals surface area (Å²) in [5, 5.41) is 14.1. The summed E-state index contributed by atoms with van der Waals surface area (Å²) in [7, 11) is 5.88. The van der Waals surface area contributed by atoms with E-state index in [1.807, 2.05) is 19.9 Å². The molecule has 2 radical (unpaired) electrons. The van der Waals surface area contributed by atoms with E-state index in [-0.39, 0.29) is 28.7 Å². The number of hydrogen-bond acceptors (Lipinski definition) is 7. The number of carbonyl (C=O) groups excluding carboxylic acids is 1. The number of nitrogens with zero attached hydrogens (tertiary/aromatic N) is 5. The molecule has 0 aliphatic rings. The molecular weight excluding hydrogens is 295 g/mol. The molecule has 23 heavy (non-hydrogen) atoms. The fourth-order valence-corrected chi connectivity index (χ4v) is 1.86. The average Bonchev–Trinajstić information content (AvgIpc) is 2.93. The number of aromatic nitrogens is 3. The first-order valence-electron chi connectivity index (χ1n) is 6.95. The second kappa shape index (κ2) is 6.92. The summed E-state index contributed by atoms with van der Waals surface area (Å²) in [5.41, 5.74) is 3.07. The van der Waals surface area contributed by atoms with Gasteiger partial charge in [-0.25, -0.2) is 9.97 Å². The molecule has 2 aromatic heterocycles. The Hall–Kier alpha value is -2.89. The van der Waals surface area contributed by atoms with Crippen molar-refractivity contribution in [3.05, 3.63) is 29.5 Å². The minimum atomic E-state index is -0.459. The molecule has 2 heterocycles. The maximum Gasteiger partial charge on any atom is 0.292 e. The topological polar surface area (TPSA) is 108 Å². The number of aryl methyl sites for hydroxylation is 1. The number of anilines is 1. The van der Waals surface area contributed by atoms with Gasteiger partial charge in [0.2, 0.25) is 5.82 Å². The zero-order valence-corrected chi connectivity index (χ0v) is 13.1. The Labute approximate surface area is 134 Å². The van der Waals surface area contributed by atoms with Gasteiger partial charge in [0.05, 0.1) is 0 Å². The van der Waals surface area contributed by atoms with Gasteiger partial charge in [0.1, 0.15) is 25.5 Å². The Morgan fingerprint density at radius 1 is 1.57 bits per heavy atom. The number of nitrogens with one attached hydrogen (secondary N) is 1. The number of hydrazine groups is 1. The first kappa shape index (κ1) is 16.5. The van der Waals surface area contributed by atoms with E-state index in [1.165, 1.54) is 17.3 Å². The van der Waals surface area contributed by atoms with Crippen molar-refractivity contribution in [1.29, 1.82) is 5.26 Å². The highest BCUT2D eigenvalue weighted by Crippen LogP contribution is 2.09. The Balaban J connectivity index is 2.30. The minimum absolute atomic E-state index is 0.0329. The molecule has 0 aliphatic heterocycles. The van der Waals surface area contributed by atoms with Crippen LogP contribution in [0.4, 0.5) is 5.82 Å². The van der Waals surface area contributed by atoms with Crippen LogP contribution in [0.2, 0.25) is 0 Å². The molecule has 2 rings (SSSR count). The number of nitriles is 1. The first-order chi connectivity index (χ1) is 10.9. The zero-order chi connectivity index (χ0) is 17.0. The minimum Gasteiger partial charge on any atom is -0.361 e. The molecule has 0 saturated carbocycles. The summed E-state index contributed by atoms with van der Waals surface area (Å²) in [6, 6.07) is 3.37. The standard InChI is InChI=1S/C14H15BN6O2/c1-8(2)7-21(13-10(15)6-17-12(5-16)18-13)19-14(22)11-4-9(3)23-20-11/h4,6,8H,7H2,1-3H3,(H,19,22). The summed E-state index contributed by atoms with van der Waals surface area (Å²) in [5.74, 6) is 0.500. The van der Waals surface area contributed by atoms with Crippen LogP contribution < -0.4 is 15.9 Å². The summed E-state index contributed by atoms with van der Waals surface area (Å²) in [6.45, 7) is 6.08. The predicted molar refractivity (Wildman–Crippen MR) is 83.0 cm³/mol. The predicted octanol–water partition coefficient (Wildman–Crippen LogP) is 0.246. The van der Waals surface area contributed by atoms with Gasteiger partial charge in [-0.3, -0.25) is 15.2 Å². The van der Waals surface area contributed by atoms with Gasteiger partial charge < -0.3 is 4.52 Å². The van der Waals surface area contributed by atoms with Gasteiger partial charge in [0.15, 0.2) is 5.69 Å².